The fraction of sp³-hybridized carbons (Fsp3) is 0.125. The summed E-state index contributed by atoms with van der Waals surface area (Å²) in [5.74, 6) is 0. The smallest absolute Gasteiger partial charge is 0.141 e. The molecule has 0 aliphatic carbocycles. The summed E-state index contributed by atoms with van der Waals surface area (Å²) in [6, 6.07) is 18.7. The molecule has 0 amide bonds. The van der Waals surface area contributed by atoms with Gasteiger partial charge in [-0.1, -0.05) is 36.4 Å². The van der Waals surface area contributed by atoms with Crippen LogP contribution in [0.3, 0.4) is 0 Å². The van der Waals surface area contributed by atoms with Gasteiger partial charge in [-0.15, -0.1) is 0 Å². The molecule has 2 aromatic carbocycles. The van der Waals surface area contributed by atoms with Crippen molar-refractivity contribution in [3.8, 4) is 12.1 Å². The van der Waals surface area contributed by atoms with Crippen LogP contribution in [0.5, 0.6) is 0 Å². The third kappa shape index (κ3) is 2.73. The average Bonchev–Trinajstić information content (AvgIpc) is 2.46. The van der Waals surface area contributed by atoms with Crippen LogP contribution in [0.25, 0.3) is 0 Å². The lowest BCUT2D eigenvalue weighted by Gasteiger charge is -2.16. The van der Waals surface area contributed by atoms with Crippen molar-refractivity contribution in [2.75, 3.05) is 5.32 Å². The number of para-hydroxylation sites is 1. The molecule has 92 valence electrons. The first-order valence-corrected chi connectivity index (χ1v) is 5.97. The van der Waals surface area contributed by atoms with E-state index in [2.05, 4.69) is 17.5 Å². The third-order valence-corrected chi connectivity index (χ3v) is 2.97. The predicted octanol–water partition coefficient (Wildman–Crippen LogP) is 3.54. The molecule has 0 heterocycles. The largest absolute Gasteiger partial charge is 0.366 e. The minimum atomic E-state index is -0.531. The van der Waals surface area contributed by atoms with Gasteiger partial charge in [-0.2, -0.15) is 10.5 Å². The van der Waals surface area contributed by atoms with E-state index >= 15 is 0 Å². The second kappa shape index (κ2) is 5.71. The summed E-state index contributed by atoms with van der Waals surface area (Å²) in [4.78, 5) is 0. The molecule has 0 fully saturated rings. The summed E-state index contributed by atoms with van der Waals surface area (Å²) < 4.78 is 0. The molecule has 1 atom stereocenters. The molecule has 3 nitrogen and oxygen atoms in total. The number of aryl methyl sites for hydroxylation is 1. The van der Waals surface area contributed by atoms with E-state index in [4.69, 9.17) is 5.26 Å². The number of hydrogen-bond donors (Lipinski definition) is 1. The summed E-state index contributed by atoms with van der Waals surface area (Å²) in [6.07, 6.45) is 0. The minimum Gasteiger partial charge on any atom is -0.366 e. The van der Waals surface area contributed by atoms with E-state index in [9.17, 15) is 5.26 Å². The molecule has 1 N–H and O–H groups in total. The topological polar surface area (TPSA) is 59.6 Å². The Bertz CT molecular complexity index is 662. The van der Waals surface area contributed by atoms with E-state index in [1.54, 1.807) is 18.2 Å². The highest BCUT2D eigenvalue weighted by molar-refractivity contribution is 5.55. The summed E-state index contributed by atoms with van der Waals surface area (Å²) in [5.41, 5.74) is 3.20. The average molecular weight is 247 g/mol. The standard InChI is InChI=1S/C16H13N3/c1-12-6-2-5-9-15(12)19-16(11-18)14-8-4-3-7-13(14)10-17/h2-9,16,19H,1H3. The Morgan fingerprint density at radius 3 is 2.37 bits per heavy atom. The van der Waals surface area contributed by atoms with E-state index in [1.807, 2.05) is 37.3 Å². The fourth-order valence-electron chi connectivity index (χ4n) is 1.92. The van der Waals surface area contributed by atoms with Crippen LogP contribution in [0.4, 0.5) is 5.69 Å². The van der Waals surface area contributed by atoms with Gasteiger partial charge in [-0.25, -0.2) is 0 Å². The number of anilines is 1. The maximum absolute atomic E-state index is 9.33. The lowest BCUT2D eigenvalue weighted by molar-refractivity contribution is 0.988. The molecule has 0 saturated carbocycles. The monoisotopic (exact) mass is 247 g/mol. The molecule has 0 bridgehead atoms. The van der Waals surface area contributed by atoms with Gasteiger partial charge in [0.2, 0.25) is 0 Å². The van der Waals surface area contributed by atoms with Crippen LogP contribution >= 0.6 is 0 Å². The molecule has 2 aromatic rings. The highest BCUT2D eigenvalue weighted by Gasteiger charge is 2.14. The number of nitriles is 2. The maximum atomic E-state index is 9.33. The van der Waals surface area contributed by atoms with Crippen molar-refractivity contribution in [1.29, 1.82) is 10.5 Å². The zero-order valence-corrected chi connectivity index (χ0v) is 10.6. The van der Waals surface area contributed by atoms with Crippen molar-refractivity contribution in [3.63, 3.8) is 0 Å². The van der Waals surface area contributed by atoms with Gasteiger partial charge in [-0.05, 0) is 24.6 Å². The lowest BCUT2D eigenvalue weighted by atomic mass is 10.0. The summed E-state index contributed by atoms with van der Waals surface area (Å²) >= 11 is 0. The quantitative estimate of drug-likeness (QED) is 0.902. The molecule has 1 unspecified atom stereocenters. The van der Waals surface area contributed by atoms with Gasteiger partial charge in [0, 0.05) is 11.3 Å². The van der Waals surface area contributed by atoms with Gasteiger partial charge >= 0.3 is 0 Å². The lowest BCUT2D eigenvalue weighted by Crippen LogP contribution is -2.10. The van der Waals surface area contributed by atoms with Crippen LogP contribution in [0.15, 0.2) is 48.5 Å². The van der Waals surface area contributed by atoms with Gasteiger partial charge in [0.05, 0.1) is 17.7 Å². The van der Waals surface area contributed by atoms with Crippen molar-refractivity contribution in [1.82, 2.24) is 0 Å². The first-order valence-electron chi connectivity index (χ1n) is 5.97. The van der Waals surface area contributed by atoms with Crippen LogP contribution in [0, 0.1) is 29.6 Å². The molecule has 0 aromatic heterocycles. The van der Waals surface area contributed by atoms with Crippen molar-refractivity contribution < 1.29 is 0 Å². The minimum absolute atomic E-state index is 0.523. The molecule has 0 aliphatic rings. The molecule has 0 aliphatic heterocycles. The van der Waals surface area contributed by atoms with Gasteiger partial charge in [-0.3, -0.25) is 0 Å². The highest BCUT2D eigenvalue weighted by Crippen LogP contribution is 2.23. The van der Waals surface area contributed by atoms with Crippen LogP contribution in [0.2, 0.25) is 0 Å². The number of rotatable bonds is 3. The predicted molar refractivity (Wildman–Crippen MR) is 74.3 cm³/mol. The summed E-state index contributed by atoms with van der Waals surface area (Å²) in [7, 11) is 0. The van der Waals surface area contributed by atoms with E-state index in [0.29, 0.717) is 11.1 Å². The molecule has 2 rings (SSSR count). The summed E-state index contributed by atoms with van der Waals surface area (Å²) in [6.45, 7) is 1.98. The van der Waals surface area contributed by atoms with E-state index in [0.717, 1.165) is 11.3 Å². The van der Waals surface area contributed by atoms with E-state index in [1.165, 1.54) is 0 Å². The molecule has 0 radical (unpaired) electrons. The van der Waals surface area contributed by atoms with Gasteiger partial charge < -0.3 is 5.32 Å². The second-order valence-electron chi connectivity index (χ2n) is 4.22. The summed E-state index contributed by atoms with van der Waals surface area (Å²) in [5, 5.41) is 21.6. The first-order chi connectivity index (χ1) is 9.26. The molecular weight excluding hydrogens is 234 g/mol. The third-order valence-electron chi connectivity index (χ3n) is 2.97. The maximum Gasteiger partial charge on any atom is 0.141 e. The molecular formula is C16H13N3. The van der Waals surface area contributed by atoms with Crippen LogP contribution in [0.1, 0.15) is 22.7 Å². The number of nitrogens with zero attached hydrogens (tertiary/aromatic N) is 2. The first kappa shape index (κ1) is 12.7. The van der Waals surface area contributed by atoms with Crippen molar-refractivity contribution in [2.24, 2.45) is 0 Å². The van der Waals surface area contributed by atoms with Crippen LogP contribution < -0.4 is 5.32 Å². The Labute approximate surface area is 112 Å². The zero-order valence-electron chi connectivity index (χ0n) is 10.6. The molecule has 0 saturated heterocycles. The normalized spacial score (nSPS) is 11.1. The number of hydrogen-bond acceptors (Lipinski definition) is 3. The zero-order chi connectivity index (χ0) is 13.7. The van der Waals surface area contributed by atoms with Gasteiger partial charge in [0.1, 0.15) is 6.04 Å². The van der Waals surface area contributed by atoms with Crippen LogP contribution in [-0.4, -0.2) is 0 Å². The van der Waals surface area contributed by atoms with E-state index < -0.39 is 6.04 Å². The Hall–Kier alpha value is -2.78. The van der Waals surface area contributed by atoms with Crippen molar-refractivity contribution in [2.45, 2.75) is 13.0 Å². The molecule has 19 heavy (non-hydrogen) atoms. The number of nitrogens with one attached hydrogen (secondary N) is 1. The van der Waals surface area contributed by atoms with Crippen molar-refractivity contribution >= 4 is 5.69 Å². The molecule has 0 spiro atoms. The fourth-order valence-corrected chi connectivity index (χ4v) is 1.92. The number of benzene rings is 2. The van der Waals surface area contributed by atoms with Gasteiger partial charge in [0.25, 0.3) is 0 Å². The Morgan fingerprint density at radius 1 is 1.00 bits per heavy atom. The van der Waals surface area contributed by atoms with Gasteiger partial charge in [0.15, 0.2) is 0 Å². The SMILES string of the molecule is Cc1ccccc1NC(C#N)c1ccccc1C#N. The highest BCUT2D eigenvalue weighted by atomic mass is 14.9. The van der Waals surface area contributed by atoms with E-state index in [-0.39, 0.29) is 0 Å². The Morgan fingerprint density at radius 2 is 1.68 bits per heavy atom. The molecule has 3 heteroatoms. The second-order valence-corrected chi connectivity index (χ2v) is 4.22. The van der Waals surface area contributed by atoms with Crippen molar-refractivity contribution in [3.05, 3.63) is 65.2 Å². The Kier molecular flexibility index (Phi) is 3.81. The van der Waals surface area contributed by atoms with Crippen LogP contribution in [-0.2, 0) is 0 Å². The Balaban J connectivity index is 2.35.